The van der Waals surface area contributed by atoms with Crippen molar-refractivity contribution in [3.8, 4) is 11.3 Å². The van der Waals surface area contributed by atoms with E-state index in [4.69, 9.17) is 4.52 Å². The summed E-state index contributed by atoms with van der Waals surface area (Å²) in [4.78, 5) is 19.2. The molecular weight excluding hydrogens is 335 g/mol. The van der Waals surface area contributed by atoms with Crippen LogP contribution in [0.15, 0.2) is 34.9 Å². The average Bonchev–Trinajstić information content (AvgIpc) is 2.99. The molecule has 0 unspecified atom stereocenters. The van der Waals surface area contributed by atoms with E-state index in [1.807, 2.05) is 14.1 Å². The molecule has 3 rings (SSSR count). The summed E-state index contributed by atoms with van der Waals surface area (Å²) < 4.78 is 18.4. The van der Waals surface area contributed by atoms with E-state index in [2.05, 4.69) is 20.4 Å². The second kappa shape index (κ2) is 7.61. The molecule has 136 valence electrons. The zero-order valence-electron chi connectivity index (χ0n) is 15.0. The number of carbonyl (C=O) groups excluding carboxylic acids is 1. The van der Waals surface area contributed by atoms with Gasteiger partial charge in [0.15, 0.2) is 0 Å². The number of benzene rings is 1. The van der Waals surface area contributed by atoms with Crippen LogP contribution in [0.4, 0.5) is 4.39 Å². The third kappa shape index (κ3) is 3.88. The van der Waals surface area contributed by atoms with Gasteiger partial charge in [-0.2, -0.15) is 0 Å². The molecule has 2 heterocycles. The summed E-state index contributed by atoms with van der Waals surface area (Å²) in [5.41, 5.74) is 2.59. The molecule has 0 bridgehead atoms. The van der Waals surface area contributed by atoms with Gasteiger partial charge in [-0.1, -0.05) is 5.16 Å². The number of nitrogens with one attached hydrogen (secondary N) is 1. The highest BCUT2D eigenvalue weighted by Crippen LogP contribution is 2.27. The number of carbonyl (C=O) groups is 1. The molecule has 0 fully saturated rings. The molecule has 6 nitrogen and oxygen atoms in total. The monoisotopic (exact) mass is 356 g/mol. The van der Waals surface area contributed by atoms with Gasteiger partial charge < -0.3 is 14.7 Å². The molecule has 0 saturated heterocycles. The number of aryl methyl sites for hydroxylation is 1. The maximum Gasteiger partial charge on any atom is 0.259 e. The lowest BCUT2D eigenvalue weighted by Gasteiger charge is -2.11. The summed E-state index contributed by atoms with van der Waals surface area (Å²) in [7, 11) is 3.98. The standard InChI is InChI=1S/C19H21FN4O2/c1-12-17-15(18(25)21-9-4-10-24(2)3)11-16(22-19(17)26-23-12)13-5-7-14(20)8-6-13/h5-8,11H,4,9-10H2,1-3H3,(H,21,25). The number of hydrogen-bond donors (Lipinski definition) is 1. The average molecular weight is 356 g/mol. The Morgan fingerprint density at radius 3 is 2.69 bits per heavy atom. The summed E-state index contributed by atoms with van der Waals surface area (Å²) in [5, 5.41) is 7.45. The number of halogens is 1. The van der Waals surface area contributed by atoms with Crippen LogP contribution in [0.1, 0.15) is 22.5 Å². The van der Waals surface area contributed by atoms with Crippen LogP contribution < -0.4 is 5.32 Å². The predicted octanol–water partition coefficient (Wildman–Crippen LogP) is 3.02. The van der Waals surface area contributed by atoms with Crippen molar-refractivity contribution < 1.29 is 13.7 Å². The summed E-state index contributed by atoms with van der Waals surface area (Å²) in [5.74, 6) is -0.532. The first kappa shape index (κ1) is 18.0. The molecular formula is C19H21FN4O2. The first-order valence-corrected chi connectivity index (χ1v) is 8.41. The van der Waals surface area contributed by atoms with E-state index < -0.39 is 0 Å². The number of fused-ring (bicyclic) bond motifs is 1. The number of nitrogens with zero attached hydrogens (tertiary/aromatic N) is 3. The van der Waals surface area contributed by atoms with Crippen molar-refractivity contribution in [1.82, 2.24) is 20.4 Å². The Morgan fingerprint density at radius 2 is 2.00 bits per heavy atom. The van der Waals surface area contributed by atoms with Gasteiger partial charge in [-0.25, -0.2) is 9.37 Å². The fourth-order valence-corrected chi connectivity index (χ4v) is 2.73. The molecule has 26 heavy (non-hydrogen) atoms. The highest BCUT2D eigenvalue weighted by Gasteiger charge is 2.19. The number of rotatable bonds is 6. The molecule has 0 aliphatic carbocycles. The molecule has 1 N–H and O–H groups in total. The van der Waals surface area contributed by atoms with Gasteiger partial charge in [0, 0.05) is 12.1 Å². The molecule has 2 aromatic heterocycles. The molecule has 3 aromatic rings. The largest absolute Gasteiger partial charge is 0.352 e. The Labute approximate surface area is 151 Å². The van der Waals surface area contributed by atoms with Gasteiger partial charge in [0.05, 0.1) is 22.3 Å². The quantitative estimate of drug-likeness (QED) is 0.688. The Bertz CT molecular complexity index is 919. The Balaban J connectivity index is 1.93. The third-order valence-corrected chi connectivity index (χ3v) is 4.07. The van der Waals surface area contributed by atoms with E-state index in [-0.39, 0.29) is 11.7 Å². The topological polar surface area (TPSA) is 71.3 Å². The van der Waals surface area contributed by atoms with E-state index in [9.17, 15) is 9.18 Å². The van der Waals surface area contributed by atoms with Crippen LogP contribution in [0.25, 0.3) is 22.4 Å². The van der Waals surface area contributed by atoms with Crippen LogP contribution in [-0.4, -0.2) is 48.1 Å². The van der Waals surface area contributed by atoms with Crippen LogP contribution >= 0.6 is 0 Å². The minimum Gasteiger partial charge on any atom is -0.352 e. The Morgan fingerprint density at radius 1 is 1.27 bits per heavy atom. The molecule has 0 aliphatic rings. The maximum absolute atomic E-state index is 13.2. The lowest BCUT2D eigenvalue weighted by molar-refractivity contribution is 0.0954. The van der Waals surface area contributed by atoms with Gasteiger partial charge >= 0.3 is 0 Å². The molecule has 1 amide bonds. The highest BCUT2D eigenvalue weighted by atomic mass is 19.1. The second-order valence-corrected chi connectivity index (χ2v) is 6.42. The van der Waals surface area contributed by atoms with Crippen molar-refractivity contribution in [2.45, 2.75) is 13.3 Å². The lowest BCUT2D eigenvalue weighted by Crippen LogP contribution is -2.27. The van der Waals surface area contributed by atoms with E-state index in [0.717, 1.165) is 13.0 Å². The van der Waals surface area contributed by atoms with Crippen LogP contribution in [-0.2, 0) is 0 Å². The van der Waals surface area contributed by atoms with Crippen LogP contribution in [0.2, 0.25) is 0 Å². The van der Waals surface area contributed by atoms with Gasteiger partial charge in [0.25, 0.3) is 11.6 Å². The first-order chi connectivity index (χ1) is 12.5. The SMILES string of the molecule is Cc1noc2nc(-c3ccc(F)cc3)cc(C(=O)NCCCN(C)C)c12. The van der Waals surface area contributed by atoms with E-state index >= 15 is 0 Å². The van der Waals surface area contributed by atoms with E-state index in [1.165, 1.54) is 12.1 Å². The van der Waals surface area contributed by atoms with Gasteiger partial charge in [-0.05, 0) is 64.3 Å². The van der Waals surface area contributed by atoms with Gasteiger partial charge in [0.1, 0.15) is 5.82 Å². The first-order valence-electron chi connectivity index (χ1n) is 8.41. The van der Waals surface area contributed by atoms with Crippen molar-refractivity contribution in [3.05, 3.63) is 47.4 Å². The molecule has 1 aromatic carbocycles. The van der Waals surface area contributed by atoms with E-state index in [0.29, 0.717) is 40.2 Å². The highest BCUT2D eigenvalue weighted by molar-refractivity contribution is 6.06. The van der Waals surface area contributed by atoms with Gasteiger partial charge in [0.2, 0.25) is 0 Å². The van der Waals surface area contributed by atoms with Crippen LogP contribution in [0.3, 0.4) is 0 Å². The fourth-order valence-electron chi connectivity index (χ4n) is 2.73. The number of aromatic nitrogens is 2. The Hall–Kier alpha value is -2.80. The van der Waals surface area contributed by atoms with Crippen LogP contribution in [0.5, 0.6) is 0 Å². The van der Waals surface area contributed by atoms with Gasteiger partial charge in [-0.15, -0.1) is 0 Å². The Kier molecular flexibility index (Phi) is 5.27. The zero-order chi connectivity index (χ0) is 18.7. The minimum absolute atomic E-state index is 0.203. The molecule has 0 radical (unpaired) electrons. The maximum atomic E-state index is 13.2. The number of amides is 1. The van der Waals surface area contributed by atoms with Crippen molar-refractivity contribution in [2.75, 3.05) is 27.2 Å². The minimum atomic E-state index is -0.329. The lowest BCUT2D eigenvalue weighted by atomic mass is 10.0. The third-order valence-electron chi connectivity index (χ3n) is 4.07. The van der Waals surface area contributed by atoms with Crippen LogP contribution in [0, 0.1) is 12.7 Å². The number of pyridine rings is 1. The summed E-state index contributed by atoms with van der Waals surface area (Å²) in [6, 6.07) is 7.64. The van der Waals surface area contributed by atoms with Crippen molar-refractivity contribution in [1.29, 1.82) is 0 Å². The molecule has 0 saturated carbocycles. The summed E-state index contributed by atoms with van der Waals surface area (Å²) in [6.07, 6.45) is 0.848. The normalized spacial score (nSPS) is 11.3. The molecule has 0 atom stereocenters. The fraction of sp³-hybridized carbons (Fsp3) is 0.316. The second-order valence-electron chi connectivity index (χ2n) is 6.42. The molecule has 0 aliphatic heterocycles. The zero-order valence-corrected chi connectivity index (χ0v) is 15.0. The molecule has 7 heteroatoms. The van der Waals surface area contributed by atoms with E-state index in [1.54, 1.807) is 25.1 Å². The summed E-state index contributed by atoms with van der Waals surface area (Å²) in [6.45, 7) is 3.23. The summed E-state index contributed by atoms with van der Waals surface area (Å²) >= 11 is 0. The smallest absolute Gasteiger partial charge is 0.259 e. The predicted molar refractivity (Wildman–Crippen MR) is 97.4 cm³/mol. The van der Waals surface area contributed by atoms with Crippen molar-refractivity contribution in [2.24, 2.45) is 0 Å². The molecule has 0 spiro atoms. The van der Waals surface area contributed by atoms with Crippen molar-refractivity contribution in [3.63, 3.8) is 0 Å². The number of hydrogen-bond acceptors (Lipinski definition) is 5. The van der Waals surface area contributed by atoms with Crippen molar-refractivity contribution >= 4 is 17.0 Å². The van der Waals surface area contributed by atoms with Gasteiger partial charge in [-0.3, -0.25) is 4.79 Å².